The molecule has 0 fully saturated rings. The number of esters is 1. The highest BCUT2D eigenvalue weighted by molar-refractivity contribution is 6.15. The van der Waals surface area contributed by atoms with Crippen LogP contribution >= 0.6 is 0 Å². The summed E-state index contributed by atoms with van der Waals surface area (Å²) in [6.45, 7) is 2.51. The maximum Gasteiger partial charge on any atom is 0.324 e. The zero-order valence-electron chi connectivity index (χ0n) is 8.99. The number of carbonyl (C=O) groups excluding carboxylic acids is 3. The Morgan fingerprint density at radius 2 is 1.67 bits per heavy atom. The molecule has 0 heterocycles. The summed E-state index contributed by atoms with van der Waals surface area (Å²) in [6, 6.07) is 0. The lowest BCUT2D eigenvalue weighted by molar-refractivity contribution is -0.154. The predicted octanol–water partition coefficient (Wildman–Crippen LogP) is 0.0963. The van der Waals surface area contributed by atoms with Gasteiger partial charge in [0.25, 0.3) is 0 Å². The Labute approximate surface area is 88.4 Å². The van der Waals surface area contributed by atoms with Crippen molar-refractivity contribution < 1.29 is 24.2 Å². The standard InChI is InChI=1S/C10H16O5/c1-7(12)9(8(2)13)10(14)15-6-4-3-5-11/h9,11H,3-6H2,1-2H3. The minimum Gasteiger partial charge on any atom is -0.465 e. The van der Waals surface area contributed by atoms with Crippen LogP contribution < -0.4 is 0 Å². The number of ether oxygens (including phenoxy) is 1. The molecule has 0 saturated carbocycles. The van der Waals surface area contributed by atoms with Crippen molar-refractivity contribution in [1.82, 2.24) is 0 Å². The summed E-state index contributed by atoms with van der Waals surface area (Å²) in [4.78, 5) is 33.2. The summed E-state index contributed by atoms with van der Waals surface area (Å²) in [5, 5.41) is 8.47. The molecule has 86 valence electrons. The van der Waals surface area contributed by atoms with Crippen LogP contribution in [0.3, 0.4) is 0 Å². The van der Waals surface area contributed by atoms with Crippen molar-refractivity contribution in [2.24, 2.45) is 5.92 Å². The zero-order valence-corrected chi connectivity index (χ0v) is 8.99. The average Bonchev–Trinajstić information content (AvgIpc) is 2.11. The first kappa shape index (κ1) is 13.8. The fourth-order valence-electron chi connectivity index (χ4n) is 1.09. The predicted molar refractivity (Wildman–Crippen MR) is 52.1 cm³/mol. The van der Waals surface area contributed by atoms with E-state index in [1.165, 1.54) is 13.8 Å². The fourth-order valence-corrected chi connectivity index (χ4v) is 1.09. The van der Waals surface area contributed by atoms with E-state index < -0.39 is 23.5 Å². The van der Waals surface area contributed by atoms with E-state index in [2.05, 4.69) is 0 Å². The second-order valence-corrected chi connectivity index (χ2v) is 3.25. The number of aliphatic hydroxyl groups is 1. The maximum absolute atomic E-state index is 11.3. The Morgan fingerprint density at radius 3 is 2.07 bits per heavy atom. The van der Waals surface area contributed by atoms with Crippen LogP contribution in [0, 0.1) is 5.92 Å². The third kappa shape index (κ3) is 5.27. The molecule has 0 aliphatic rings. The van der Waals surface area contributed by atoms with Crippen molar-refractivity contribution in [3.63, 3.8) is 0 Å². The van der Waals surface area contributed by atoms with Gasteiger partial charge in [0, 0.05) is 6.61 Å². The monoisotopic (exact) mass is 216 g/mol. The van der Waals surface area contributed by atoms with Crippen LogP contribution in [0.5, 0.6) is 0 Å². The highest BCUT2D eigenvalue weighted by atomic mass is 16.5. The number of hydrogen-bond acceptors (Lipinski definition) is 5. The summed E-state index contributed by atoms with van der Waals surface area (Å²) in [7, 11) is 0. The van der Waals surface area contributed by atoms with Crippen LogP contribution in [0.4, 0.5) is 0 Å². The summed E-state index contributed by atoms with van der Waals surface area (Å²) in [6.07, 6.45) is 1.04. The van der Waals surface area contributed by atoms with Gasteiger partial charge in [-0.25, -0.2) is 0 Å². The molecule has 0 unspecified atom stereocenters. The molecule has 0 aromatic rings. The Kier molecular flexibility index (Phi) is 6.53. The number of aliphatic hydroxyl groups excluding tert-OH is 1. The van der Waals surface area contributed by atoms with Gasteiger partial charge in [-0.2, -0.15) is 0 Å². The molecule has 0 rings (SSSR count). The lowest BCUT2D eigenvalue weighted by Crippen LogP contribution is -2.30. The smallest absolute Gasteiger partial charge is 0.324 e. The first-order valence-corrected chi connectivity index (χ1v) is 4.79. The summed E-state index contributed by atoms with van der Waals surface area (Å²) in [5.41, 5.74) is 0. The Hall–Kier alpha value is -1.23. The SMILES string of the molecule is CC(=O)C(C(C)=O)C(=O)OCCCCO. The van der Waals surface area contributed by atoms with Crippen LogP contribution in [0.2, 0.25) is 0 Å². The van der Waals surface area contributed by atoms with Crippen molar-refractivity contribution in [2.75, 3.05) is 13.2 Å². The van der Waals surface area contributed by atoms with Gasteiger partial charge in [-0.05, 0) is 26.7 Å². The van der Waals surface area contributed by atoms with Gasteiger partial charge in [0.05, 0.1) is 6.61 Å². The highest BCUT2D eigenvalue weighted by Gasteiger charge is 2.29. The molecular formula is C10H16O5. The summed E-state index contributed by atoms with van der Waals surface area (Å²) < 4.78 is 4.74. The fraction of sp³-hybridized carbons (Fsp3) is 0.700. The van der Waals surface area contributed by atoms with E-state index in [9.17, 15) is 14.4 Å². The summed E-state index contributed by atoms with van der Waals surface area (Å²) >= 11 is 0. The Balaban J connectivity index is 4.05. The third-order valence-corrected chi connectivity index (χ3v) is 1.85. The van der Waals surface area contributed by atoms with Crippen LogP contribution in [0.1, 0.15) is 26.7 Å². The second kappa shape index (κ2) is 7.11. The molecule has 15 heavy (non-hydrogen) atoms. The zero-order chi connectivity index (χ0) is 11.8. The van der Waals surface area contributed by atoms with Crippen molar-refractivity contribution in [3.8, 4) is 0 Å². The lowest BCUT2D eigenvalue weighted by atomic mass is 10.0. The van der Waals surface area contributed by atoms with Gasteiger partial charge < -0.3 is 9.84 Å². The van der Waals surface area contributed by atoms with Crippen molar-refractivity contribution in [3.05, 3.63) is 0 Å². The Morgan fingerprint density at radius 1 is 1.13 bits per heavy atom. The molecule has 1 N–H and O–H groups in total. The molecule has 0 spiro atoms. The van der Waals surface area contributed by atoms with Crippen LogP contribution in [-0.2, 0) is 19.1 Å². The van der Waals surface area contributed by atoms with Crippen molar-refractivity contribution in [2.45, 2.75) is 26.7 Å². The largest absolute Gasteiger partial charge is 0.465 e. The molecule has 0 aromatic heterocycles. The van der Waals surface area contributed by atoms with E-state index in [-0.39, 0.29) is 13.2 Å². The molecule has 0 saturated heterocycles. The van der Waals surface area contributed by atoms with E-state index in [4.69, 9.17) is 9.84 Å². The molecule has 0 aromatic carbocycles. The molecule has 0 amide bonds. The number of Topliss-reactive ketones (excluding diaryl/α,β-unsaturated/α-hetero) is 2. The molecule has 0 aliphatic carbocycles. The summed E-state index contributed by atoms with van der Waals surface area (Å²) in [5.74, 6) is -3.10. The number of rotatable bonds is 7. The van der Waals surface area contributed by atoms with Gasteiger partial charge in [0.15, 0.2) is 17.5 Å². The molecule has 5 heteroatoms. The van der Waals surface area contributed by atoms with Crippen molar-refractivity contribution >= 4 is 17.5 Å². The van der Waals surface area contributed by atoms with E-state index in [1.54, 1.807) is 0 Å². The second-order valence-electron chi connectivity index (χ2n) is 3.25. The first-order valence-electron chi connectivity index (χ1n) is 4.79. The minimum atomic E-state index is -1.29. The molecule has 0 atom stereocenters. The molecule has 5 nitrogen and oxygen atoms in total. The number of ketones is 2. The maximum atomic E-state index is 11.3. The first-order chi connectivity index (χ1) is 7.00. The van der Waals surface area contributed by atoms with Crippen LogP contribution in [0.25, 0.3) is 0 Å². The van der Waals surface area contributed by atoms with Gasteiger partial charge in [-0.1, -0.05) is 0 Å². The third-order valence-electron chi connectivity index (χ3n) is 1.85. The van der Waals surface area contributed by atoms with Gasteiger partial charge in [0.1, 0.15) is 0 Å². The van der Waals surface area contributed by atoms with Gasteiger partial charge in [-0.15, -0.1) is 0 Å². The van der Waals surface area contributed by atoms with Gasteiger partial charge in [0.2, 0.25) is 0 Å². The Bertz CT molecular complexity index is 232. The van der Waals surface area contributed by atoms with Crippen LogP contribution in [0.15, 0.2) is 0 Å². The quantitative estimate of drug-likeness (QED) is 0.371. The molecule has 0 radical (unpaired) electrons. The molecular weight excluding hydrogens is 200 g/mol. The number of carbonyl (C=O) groups is 3. The normalized spacial score (nSPS) is 10.1. The van der Waals surface area contributed by atoms with E-state index >= 15 is 0 Å². The number of hydrogen-bond donors (Lipinski definition) is 1. The van der Waals surface area contributed by atoms with E-state index in [1.807, 2.05) is 0 Å². The van der Waals surface area contributed by atoms with Crippen LogP contribution in [-0.4, -0.2) is 35.9 Å². The van der Waals surface area contributed by atoms with E-state index in [0.717, 1.165) is 0 Å². The highest BCUT2D eigenvalue weighted by Crippen LogP contribution is 2.04. The minimum absolute atomic E-state index is 0.0282. The van der Waals surface area contributed by atoms with Crippen molar-refractivity contribution in [1.29, 1.82) is 0 Å². The van der Waals surface area contributed by atoms with Gasteiger partial charge >= 0.3 is 5.97 Å². The van der Waals surface area contributed by atoms with E-state index in [0.29, 0.717) is 12.8 Å². The molecule has 0 aliphatic heterocycles. The number of unbranched alkanes of at least 4 members (excludes halogenated alkanes) is 1. The molecule has 0 bridgehead atoms. The topological polar surface area (TPSA) is 80.7 Å². The average molecular weight is 216 g/mol. The van der Waals surface area contributed by atoms with Gasteiger partial charge in [-0.3, -0.25) is 14.4 Å². The lowest BCUT2D eigenvalue weighted by Gasteiger charge is -2.09.